The Hall–Kier alpha value is -3.59. The van der Waals surface area contributed by atoms with E-state index in [1.54, 1.807) is 38.1 Å². The fourth-order valence-corrected chi connectivity index (χ4v) is 3.90. The van der Waals surface area contributed by atoms with E-state index in [0.717, 1.165) is 0 Å². The molecule has 2 aromatic rings. The van der Waals surface area contributed by atoms with Crippen molar-refractivity contribution in [2.75, 3.05) is 26.4 Å². The predicted octanol–water partition coefficient (Wildman–Crippen LogP) is 4.30. The molecule has 8 nitrogen and oxygen atoms in total. The van der Waals surface area contributed by atoms with Crippen molar-refractivity contribution >= 4 is 21.8 Å². The van der Waals surface area contributed by atoms with Crippen molar-refractivity contribution in [1.82, 2.24) is 0 Å². The number of rotatable bonds is 14. The summed E-state index contributed by atoms with van der Waals surface area (Å²) in [5.74, 6) is 0.127. The van der Waals surface area contributed by atoms with Gasteiger partial charge < -0.3 is 18.9 Å². The zero-order valence-electron chi connectivity index (χ0n) is 19.9. The van der Waals surface area contributed by atoms with Crippen LogP contribution >= 0.6 is 0 Å². The van der Waals surface area contributed by atoms with Gasteiger partial charge in [-0.15, -0.1) is 0 Å². The third-order valence-corrected chi connectivity index (χ3v) is 6.33. The summed E-state index contributed by atoms with van der Waals surface area (Å²) in [7, 11) is -3.71. The molecule has 0 unspecified atom stereocenters. The molecule has 2 aromatic carbocycles. The molecule has 35 heavy (non-hydrogen) atoms. The molecular weight excluding hydrogens is 472 g/mol. The van der Waals surface area contributed by atoms with Gasteiger partial charge in [-0.25, -0.2) is 18.0 Å². The van der Waals surface area contributed by atoms with Crippen molar-refractivity contribution in [3.05, 3.63) is 72.8 Å². The van der Waals surface area contributed by atoms with Gasteiger partial charge in [0.2, 0.25) is 9.84 Å². The van der Waals surface area contributed by atoms with Gasteiger partial charge in [-0.1, -0.05) is 13.2 Å². The average molecular weight is 503 g/mol. The van der Waals surface area contributed by atoms with Crippen LogP contribution in [-0.4, -0.2) is 46.8 Å². The van der Waals surface area contributed by atoms with E-state index >= 15 is 0 Å². The minimum atomic E-state index is -3.71. The summed E-state index contributed by atoms with van der Waals surface area (Å²) in [6.45, 7) is 11.2. The molecule has 0 heterocycles. The van der Waals surface area contributed by atoms with Gasteiger partial charge in [-0.2, -0.15) is 0 Å². The lowest BCUT2D eigenvalue weighted by atomic mass is 10.3. The number of hydrogen-bond acceptors (Lipinski definition) is 8. The maximum Gasteiger partial charge on any atom is 0.333 e. The molecular formula is C26H30O8S. The Morgan fingerprint density at radius 1 is 0.657 bits per heavy atom. The molecule has 0 radical (unpaired) electrons. The molecule has 0 bridgehead atoms. The molecule has 0 atom stereocenters. The van der Waals surface area contributed by atoms with Gasteiger partial charge in [0.15, 0.2) is 0 Å². The van der Waals surface area contributed by atoms with Gasteiger partial charge >= 0.3 is 11.9 Å². The second-order valence-electron chi connectivity index (χ2n) is 7.68. The zero-order valence-corrected chi connectivity index (χ0v) is 20.8. The average Bonchev–Trinajstić information content (AvgIpc) is 2.83. The van der Waals surface area contributed by atoms with Crippen LogP contribution in [0.2, 0.25) is 0 Å². The van der Waals surface area contributed by atoms with Crippen LogP contribution in [0.3, 0.4) is 0 Å². The fourth-order valence-electron chi connectivity index (χ4n) is 2.64. The highest BCUT2D eigenvalue weighted by molar-refractivity contribution is 7.91. The van der Waals surface area contributed by atoms with Gasteiger partial charge in [-0.3, -0.25) is 0 Å². The van der Waals surface area contributed by atoms with E-state index in [9.17, 15) is 18.0 Å². The molecule has 188 valence electrons. The normalized spacial score (nSPS) is 10.8. The molecule has 2 rings (SSSR count). The SMILES string of the molecule is C=C(C)C(=O)OCCCOc1ccc(S(=O)(=O)c2ccc(OCCCOC(=O)C(=C)C)cc2)cc1. The molecule has 0 fully saturated rings. The summed E-state index contributed by atoms with van der Waals surface area (Å²) in [6, 6.07) is 12.2. The fraction of sp³-hybridized carbons (Fsp3) is 0.308. The first-order chi connectivity index (χ1) is 16.6. The van der Waals surface area contributed by atoms with Crippen molar-refractivity contribution in [2.24, 2.45) is 0 Å². The molecule has 0 saturated carbocycles. The van der Waals surface area contributed by atoms with E-state index in [1.807, 2.05) is 0 Å². The molecule has 9 heteroatoms. The molecule has 0 aliphatic rings. The van der Waals surface area contributed by atoms with Crippen LogP contribution in [0.15, 0.2) is 82.6 Å². The summed E-state index contributed by atoms with van der Waals surface area (Å²) in [6.07, 6.45) is 0.986. The van der Waals surface area contributed by atoms with Crippen molar-refractivity contribution < 1.29 is 37.0 Å². The second kappa shape index (κ2) is 13.3. The number of benzene rings is 2. The van der Waals surface area contributed by atoms with E-state index in [2.05, 4.69) is 13.2 Å². The number of carbonyl (C=O) groups excluding carboxylic acids is 2. The van der Waals surface area contributed by atoms with Gasteiger partial charge in [0.1, 0.15) is 11.5 Å². The molecule has 0 aliphatic carbocycles. The summed E-state index contributed by atoms with van der Waals surface area (Å²) in [4.78, 5) is 22.9. The maximum absolute atomic E-state index is 12.9. The quantitative estimate of drug-likeness (QED) is 0.214. The molecule has 0 amide bonds. The lowest BCUT2D eigenvalue weighted by Crippen LogP contribution is -2.09. The summed E-state index contributed by atoms with van der Waals surface area (Å²) >= 11 is 0. The lowest BCUT2D eigenvalue weighted by Gasteiger charge is -2.10. The lowest BCUT2D eigenvalue weighted by molar-refractivity contribution is -0.140. The highest BCUT2D eigenvalue weighted by atomic mass is 32.2. The zero-order chi connectivity index (χ0) is 25.8. The first kappa shape index (κ1) is 27.7. The summed E-state index contributed by atoms with van der Waals surface area (Å²) in [5.41, 5.74) is 0.673. The Morgan fingerprint density at radius 2 is 1.00 bits per heavy atom. The Labute approximate surface area is 206 Å². The Kier molecular flexibility index (Phi) is 10.5. The van der Waals surface area contributed by atoms with Crippen molar-refractivity contribution in [3.63, 3.8) is 0 Å². The maximum atomic E-state index is 12.9. The van der Waals surface area contributed by atoms with Crippen LogP contribution in [0.4, 0.5) is 0 Å². The standard InChI is InChI=1S/C26H30O8S/c1-19(2)25(27)33-17-5-15-31-21-7-11-23(12-8-21)35(29,30)24-13-9-22(10-14-24)32-16-6-18-34-26(28)20(3)4/h7-14H,1,3,5-6,15-18H2,2,4H3. The van der Waals surface area contributed by atoms with Gasteiger partial charge in [0, 0.05) is 24.0 Å². The van der Waals surface area contributed by atoms with Crippen LogP contribution in [0.1, 0.15) is 26.7 Å². The third-order valence-electron chi connectivity index (χ3n) is 4.55. The molecule has 0 N–H and O–H groups in total. The Bertz CT molecular complexity index is 1050. The number of sulfone groups is 1. The van der Waals surface area contributed by atoms with Gasteiger partial charge in [0.05, 0.1) is 36.2 Å². The Morgan fingerprint density at radius 3 is 1.31 bits per heavy atom. The smallest absolute Gasteiger partial charge is 0.333 e. The van der Waals surface area contributed by atoms with Crippen LogP contribution in [0.25, 0.3) is 0 Å². The molecule has 0 spiro atoms. The largest absolute Gasteiger partial charge is 0.493 e. The third kappa shape index (κ3) is 8.94. The number of carbonyl (C=O) groups is 2. The summed E-state index contributed by atoms with van der Waals surface area (Å²) in [5, 5.41) is 0. The van der Waals surface area contributed by atoms with Crippen LogP contribution < -0.4 is 9.47 Å². The molecule has 0 aromatic heterocycles. The Balaban J connectivity index is 1.82. The predicted molar refractivity (Wildman–Crippen MR) is 130 cm³/mol. The van der Waals surface area contributed by atoms with E-state index in [4.69, 9.17) is 18.9 Å². The highest BCUT2D eigenvalue weighted by Gasteiger charge is 2.17. The number of hydrogen-bond donors (Lipinski definition) is 0. The van der Waals surface area contributed by atoms with Gasteiger partial charge in [-0.05, 0) is 62.4 Å². The second-order valence-corrected chi connectivity index (χ2v) is 9.63. The topological polar surface area (TPSA) is 105 Å². The van der Waals surface area contributed by atoms with E-state index in [1.165, 1.54) is 24.3 Å². The number of ether oxygens (including phenoxy) is 4. The summed E-state index contributed by atoms with van der Waals surface area (Å²) < 4.78 is 46.9. The van der Waals surface area contributed by atoms with Gasteiger partial charge in [0.25, 0.3) is 0 Å². The first-order valence-corrected chi connectivity index (χ1v) is 12.5. The monoisotopic (exact) mass is 502 g/mol. The minimum Gasteiger partial charge on any atom is -0.493 e. The van der Waals surface area contributed by atoms with E-state index in [-0.39, 0.29) is 23.0 Å². The molecule has 0 saturated heterocycles. The highest BCUT2D eigenvalue weighted by Crippen LogP contribution is 2.25. The number of esters is 2. The van der Waals surface area contributed by atoms with Crippen LogP contribution in [-0.2, 0) is 28.9 Å². The van der Waals surface area contributed by atoms with Crippen molar-refractivity contribution in [3.8, 4) is 11.5 Å². The van der Waals surface area contributed by atoms with Crippen LogP contribution in [0, 0.1) is 0 Å². The van der Waals surface area contributed by atoms with E-state index in [0.29, 0.717) is 48.7 Å². The minimum absolute atomic E-state index is 0.133. The first-order valence-electron chi connectivity index (χ1n) is 11.0. The van der Waals surface area contributed by atoms with Crippen molar-refractivity contribution in [1.29, 1.82) is 0 Å². The van der Waals surface area contributed by atoms with Crippen molar-refractivity contribution in [2.45, 2.75) is 36.5 Å². The van der Waals surface area contributed by atoms with E-state index < -0.39 is 21.8 Å². The van der Waals surface area contributed by atoms with Crippen LogP contribution in [0.5, 0.6) is 11.5 Å². The molecule has 0 aliphatic heterocycles.